The van der Waals surface area contributed by atoms with Gasteiger partial charge in [-0.3, -0.25) is 14.2 Å². The van der Waals surface area contributed by atoms with Crippen LogP contribution in [-0.2, 0) is 14.2 Å². The summed E-state index contributed by atoms with van der Waals surface area (Å²) in [6.45, 7) is 0. The number of carboxylic acids is 2. The Morgan fingerprint density at radius 2 is 1.82 bits per heavy atom. The highest BCUT2D eigenvalue weighted by Gasteiger charge is 2.35. The molecule has 122 valence electrons. The van der Waals surface area contributed by atoms with Gasteiger partial charge in [-0.15, -0.1) is 0 Å². The van der Waals surface area contributed by atoms with Crippen molar-refractivity contribution in [2.45, 2.75) is 24.7 Å². The number of carbonyl (C=O) groups is 2. The summed E-state index contributed by atoms with van der Waals surface area (Å²) in [5.41, 5.74) is 0.519. The number of hydrogen-bond acceptors (Lipinski definition) is 4. The van der Waals surface area contributed by atoms with Gasteiger partial charge in [-0.25, -0.2) is 5.09 Å². The summed E-state index contributed by atoms with van der Waals surface area (Å²) in [6.07, 6.45) is -0.708. The number of rotatable bonds is 9. The molecule has 5 N–H and O–H groups in total. The summed E-state index contributed by atoms with van der Waals surface area (Å²) in [4.78, 5) is 31.9. The van der Waals surface area contributed by atoms with Crippen molar-refractivity contribution in [3.63, 3.8) is 0 Å². The molecular weight excluding hydrogens is 311 g/mol. The third-order valence-electron chi connectivity index (χ3n) is 3.02. The summed E-state index contributed by atoms with van der Waals surface area (Å²) in [7, 11) is -2.65. The summed E-state index contributed by atoms with van der Waals surface area (Å²) < 4.78 is 12.5. The zero-order chi connectivity index (χ0) is 16.8. The molecule has 0 spiro atoms. The van der Waals surface area contributed by atoms with Gasteiger partial charge in [-0.05, 0) is 19.0 Å². The molecule has 0 fully saturated rings. The standard InChI is InChI=1S/C13H19N2O6P/c1-14-12(9-5-3-2-4-6-9)22(20,21)15-10(13(18)19)7-8-11(16)17/h2-6,10,12,14H,7-8H2,1H3,(H,16,17)(H,18,19)(H2,15,20,21). The van der Waals surface area contributed by atoms with Crippen LogP contribution in [0.2, 0.25) is 0 Å². The van der Waals surface area contributed by atoms with Crippen LogP contribution in [-0.4, -0.2) is 40.1 Å². The summed E-state index contributed by atoms with van der Waals surface area (Å²) in [5.74, 6) is -3.55. The number of benzene rings is 1. The van der Waals surface area contributed by atoms with E-state index in [4.69, 9.17) is 10.2 Å². The molecule has 0 aliphatic heterocycles. The number of carboxylic acid groups (broad SMARTS) is 2. The van der Waals surface area contributed by atoms with Crippen LogP contribution < -0.4 is 10.4 Å². The van der Waals surface area contributed by atoms with Crippen molar-refractivity contribution in [2.75, 3.05) is 7.05 Å². The number of nitrogens with one attached hydrogen (secondary N) is 2. The molecule has 0 bridgehead atoms. The summed E-state index contributed by atoms with van der Waals surface area (Å²) in [6, 6.07) is 6.99. The van der Waals surface area contributed by atoms with Gasteiger partial charge in [0.2, 0.25) is 0 Å². The average Bonchev–Trinajstić information content (AvgIpc) is 2.44. The molecule has 0 amide bonds. The van der Waals surface area contributed by atoms with E-state index in [1.165, 1.54) is 7.05 Å². The van der Waals surface area contributed by atoms with Gasteiger partial charge in [0, 0.05) is 6.42 Å². The second-order valence-electron chi connectivity index (χ2n) is 4.68. The molecule has 0 aliphatic carbocycles. The van der Waals surface area contributed by atoms with Gasteiger partial charge in [0.25, 0.3) is 7.52 Å². The minimum Gasteiger partial charge on any atom is -0.481 e. The van der Waals surface area contributed by atoms with Gasteiger partial charge >= 0.3 is 11.9 Å². The molecule has 0 saturated carbocycles. The van der Waals surface area contributed by atoms with Crippen LogP contribution in [0.4, 0.5) is 0 Å². The molecule has 0 radical (unpaired) electrons. The van der Waals surface area contributed by atoms with E-state index in [9.17, 15) is 19.0 Å². The fourth-order valence-corrected chi connectivity index (χ4v) is 3.75. The molecule has 3 atom stereocenters. The van der Waals surface area contributed by atoms with Crippen LogP contribution in [0.25, 0.3) is 0 Å². The molecule has 1 rings (SSSR count). The molecule has 3 unspecified atom stereocenters. The molecule has 1 aromatic rings. The van der Waals surface area contributed by atoms with Crippen molar-refractivity contribution in [3.8, 4) is 0 Å². The lowest BCUT2D eigenvalue weighted by Gasteiger charge is -2.26. The Labute approximate surface area is 127 Å². The molecule has 0 aliphatic rings. The average molecular weight is 330 g/mol. The fraction of sp³-hybridized carbons (Fsp3) is 0.385. The van der Waals surface area contributed by atoms with Crippen LogP contribution in [0.3, 0.4) is 0 Å². The van der Waals surface area contributed by atoms with Gasteiger partial charge in [0.1, 0.15) is 11.8 Å². The highest BCUT2D eigenvalue weighted by Crippen LogP contribution is 2.50. The van der Waals surface area contributed by atoms with Gasteiger partial charge in [-0.2, -0.15) is 0 Å². The Kier molecular flexibility index (Phi) is 6.70. The van der Waals surface area contributed by atoms with Gasteiger partial charge < -0.3 is 20.4 Å². The first kappa shape index (κ1) is 18.3. The number of aliphatic carboxylic acids is 2. The van der Waals surface area contributed by atoms with E-state index in [0.29, 0.717) is 5.56 Å². The van der Waals surface area contributed by atoms with Crippen LogP contribution in [0, 0.1) is 0 Å². The Hall–Kier alpha value is -1.73. The Bertz CT molecular complexity index is 565. The highest BCUT2D eigenvalue weighted by atomic mass is 31.2. The SMILES string of the molecule is CNC(c1ccccc1)P(=O)(O)NC(CCC(=O)O)C(=O)O. The van der Waals surface area contributed by atoms with Crippen molar-refractivity contribution in [1.82, 2.24) is 10.4 Å². The molecule has 0 aromatic heterocycles. The molecular formula is C13H19N2O6P. The second kappa shape index (κ2) is 8.05. The maximum absolute atomic E-state index is 12.5. The smallest absolute Gasteiger partial charge is 0.321 e. The van der Waals surface area contributed by atoms with E-state index in [0.717, 1.165) is 0 Å². The molecule has 0 saturated heterocycles. The summed E-state index contributed by atoms with van der Waals surface area (Å²) in [5, 5.41) is 22.5. The van der Waals surface area contributed by atoms with Gasteiger partial charge in [0.05, 0.1) is 0 Å². The first-order valence-corrected chi connectivity index (χ1v) is 8.28. The zero-order valence-electron chi connectivity index (χ0n) is 12.0. The molecule has 1 aromatic carbocycles. The largest absolute Gasteiger partial charge is 0.481 e. The van der Waals surface area contributed by atoms with Crippen molar-refractivity contribution in [2.24, 2.45) is 0 Å². The minimum atomic E-state index is -4.13. The normalized spacial score (nSPS) is 16.5. The van der Waals surface area contributed by atoms with Crippen molar-refractivity contribution in [3.05, 3.63) is 35.9 Å². The van der Waals surface area contributed by atoms with E-state index >= 15 is 0 Å². The van der Waals surface area contributed by atoms with E-state index in [2.05, 4.69) is 10.4 Å². The summed E-state index contributed by atoms with van der Waals surface area (Å²) >= 11 is 0. The molecule has 9 heteroatoms. The van der Waals surface area contributed by atoms with Crippen molar-refractivity contribution < 1.29 is 29.3 Å². The maximum atomic E-state index is 12.5. The highest BCUT2D eigenvalue weighted by molar-refractivity contribution is 7.56. The van der Waals surface area contributed by atoms with E-state index in [1.54, 1.807) is 30.3 Å². The van der Waals surface area contributed by atoms with Crippen LogP contribution >= 0.6 is 7.52 Å². The van der Waals surface area contributed by atoms with Crippen LogP contribution in [0.15, 0.2) is 30.3 Å². The zero-order valence-corrected chi connectivity index (χ0v) is 12.9. The predicted octanol–water partition coefficient (Wildman–Crippen LogP) is 0.998. The quantitative estimate of drug-likeness (QED) is 0.423. The molecule has 22 heavy (non-hydrogen) atoms. The molecule has 8 nitrogen and oxygen atoms in total. The van der Waals surface area contributed by atoms with Crippen molar-refractivity contribution >= 4 is 19.5 Å². The van der Waals surface area contributed by atoms with Gasteiger partial charge in [-0.1, -0.05) is 30.3 Å². The Morgan fingerprint density at radius 3 is 2.27 bits per heavy atom. The lowest BCUT2D eigenvalue weighted by molar-refractivity contribution is -0.140. The monoisotopic (exact) mass is 330 g/mol. The first-order valence-electron chi connectivity index (χ1n) is 6.55. The lowest BCUT2D eigenvalue weighted by Crippen LogP contribution is -2.37. The third-order valence-corrected chi connectivity index (χ3v) is 4.96. The minimum absolute atomic E-state index is 0.291. The van der Waals surface area contributed by atoms with E-state index in [-0.39, 0.29) is 6.42 Å². The molecule has 0 heterocycles. The Morgan fingerprint density at radius 1 is 1.23 bits per heavy atom. The van der Waals surface area contributed by atoms with E-state index < -0.39 is 37.7 Å². The lowest BCUT2D eigenvalue weighted by atomic mass is 10.2. The maximum Gasteiger partial charge on any atom is 0.321 e. The van der Waals surface area contributed by atoms with E-state index in [1.807, 2.05) is 0 Å². The third kappa shape index (κ3) is 5.23. The van der Waals surface area contributed by atoms with Crippen LogP contribution in [0.1, 0.15) is 24.2 Å². The second-order valence-corrected chi connectivity index (χ2v) is 6.70. The van der Waals surface area contributed by atoms with Crippen LogP contribution in [0.5, 0.6) is 0 Å². The Balaban J connectivity index is 2.92. The topological polar surface area (TPSA) is 136 Å². The fourth-order valence-electron chi connectivity index (χ4n) is 1.99. The van der Waals surface area contributed by atoms with Gasteiger partial charge in [0.15, 0.2) is 0 Å². The first-order chi connectivity index (χ1) is 10.3. The van der Waals surface area contributed by atoms with Crippen molar-refractivity contribution in [1.29, 1.82) is 0 Å². The number of hydrogen-bond donors (Lipinski definition) is 5. The predicted molar refractivity (Wildman–Crippen MR) is 79.5 cm³/mol.